The topological polar surface area (TPSA) is 244 Å². The summed E-state index contributed by atoms with van der Waals surface area (Å²) < 4.78 is 53.8. The Bertz CT molecular complexity index is 1240. The zero-order valence-corrected chi connectivity index (χ0v) is 41.5. The number of thioether (sulfide) groups is 1. The molecule has 0 aromatic heterocycles. The Morgan fingerprint density at radius 1 is 0.657 bits per heavy atom. The molecule has 1 aliphatic heterocycles. The Hall–Kier alpha value is -2.26. The number of aliphatic hydroxyl groups excluding tert-OH is 4. The second-order valence-electron chi connectivity index (χ2n) is 17.6. The molecule has 0 aliphatic carbocycles. The van der Waals surface area contributed by atoms with Gasteiger partial charge in [-0.3, -0.25) is 14.4 Å². The molecule has 1 heterocycles. The van der Waals surface area contributed by atoms with Gasteiger partial charge >= 0.3 is 24.1 Å². The molecule has 1 saturated heterocycles. The number of amides is 1. The van der Waals surface area contributed by atoms with Crippen molar-refractivity contribution in [2.45, 2.75) is 243 Å². The molecule has 7 atom stereocenters. The number of aliphatic hydroxyl groups is 4. The number of nitrogens with one attached hydrogen (secondary N) is 1. The molecule has 1 rings (SSSR count). The van der Waals surface area contributed by atoms with E-state index in [1.54, 1.807) is 0 Å². The smallest absolute Gasteiger partial charge is 0.475 e. The third-order valence-corrected chi connectivity index (χ3v) is 12.6. The summed E-state index contributed by atoms with van der Waals surface area (Å²) in [4.78, 5) is 47.0. The Morgan fingerprint density at radius 2 is 1.07 bits per heavy atom. The lowest BCUT2D eigenvalue weighted by molar-refractivity contribution is -0.300. The van der Waals surface area contributed by atoms with Crippen molar-refractivity contribution in [2.24, 2.45) is 5.73 Å². The van der Waals surface area contributed by atoms with Crippen LogP contribution in [-0.2, 0) is 38.1 Å². The van der Waals surface area contributed by atoms with Crippen LogP contribution in [-0.4, -0.2) is 136 Å². The fourth-order valence-corrected chi connectivity index (χ4v) is 8.25. The number of nitrogens with two attached hydrogens (primary N) is 1. The van der Waals surface area contributed by atoms with Gasteiger partial charge in [-0.25, -0.2) is 4.79 Å². The van der Waals surface area contributed by atoms with E-state index in [4.69, 9.17) is 34.6 Å². The molecule has 19 heteroatoms. The fourth-order valence-electron chi connectivity index (χ4n) is 7.28. The molecule has 0 radical (unpaired) electrons. The molecule has 0 unspecified atom stereocenters. The molecule has 1 amide bonds. The standard InChI is InChI=1S/C46H88N2O11S.C2HF3O2/c1-3-5-7-9-11-13-15-17-19-21-23-25-27-29-40(50)57-34-37(58-41(51)30-28-26-24-22-20-18-16-14-12-10-8-6-4-2)35-60-36-38(47)45(55)48-31-32-56-46-44(54)43(53)42(52)39(33-49)59-46;3-2(4,5)1(6)7/h37-39,42-44,46,49,52-54H,3-36,47H2,1-2H3,(H,48,55);(H,6,7)/t37-,38-,39+,42-,43-,44+,46-;/m0./s1. The minimum Gasteiger partial charge on any atom is -0.475 e. The molecule has 0 bridgehead atoms. The van der Waals surface area contributed by atoms with Gasteiger partial charge in [0.1, 0.15) is 37.1 Å². The Morgan fingerprint density at radius 3 is 1.49 bits per heavy atom. The summed E-state index contributed by atoms with van der Waals surface area (Å²) in [6.07, 6.45) is 19.7. The molecule has 15 nitrogen and oxygen atoms in total. The molecular formula is C48H89F3N2O13S. The lowest BCUT2D eigenvalue weighted by Gasteiger charge is -2.39. The number of carbonyl (C=O) groups is 4. The number of halogens is 3. The minimum absolute atomic E-state index is 0.0286. The molecule has 396 valence electrons. The Kier molecular flexibility index (Phi) is 41.2. The number of ether oxygens (including phenoxy) is 4. The maximum Gasteiger partial charge on any atom is 0.490 e. The highest BCUT2D eigenvalue weighted by Crippen LogP contribution is 2.22. The number of esters is 2. The van der Waals surface area contributed by atoms with E-state index in [0.717, 1.165) is 38.5 Å². The highest BCUT2D eigenvalue weighted by molar-refractivity contribution is 7.99. The lowest BCUT2D eigenvalue weighted by atomic mass is 9.99. The normalized spacial score (nSPS) is 19.2. The van der Waals surface area contributed by atoms with Crippen molar-refractivity contribution in [3.05, 3.63) is 0 Å². The summed E-state index contributed by atoms with van der Waals surface area (Å²) in [5.74, 6) is -3.30. The number of aliphatic carboxylic acids is 1. The summed E-state index contributed by atoms with van der Waals surface area (Å²) in [5.41, 5.74) is 6.13. The van der Waals surface area contributed by atoms with Crippen molar-refractivity contribution in [2.75, 3.05) is 37.9 Å². The van der Waals surface area contributed by atoms with Crippen LogP contribution in [0.25, 0.3) is 0 Å². The van der Waals surface area contributed by atoms with Crippen LogP contribution in [0.2, 0.25) is 0 Å². The number of unbranched alkanes of at least 4 members (excludes halogenated alkanes) is 24. The van der Waals surface area contributed by atoms with Crippen LogP contribution < -0.4 is 11.1 Å². The molecule has 0 saturated carbocycles. The van der Waals surface area contributed by atoms with E-state index < -0.39 is 67.5 Å². The quantitative estimate of drug-likeness (QED) is 0.0226. The molecule has 0 spiro atoms. The monoisotopic (exact) mass is 991 g/mol. The summed E-state index contributed by atoms with van der Waals surface area (Å²) in [6, 6.07) is -0.887. The van der Waals surface area contributed by atoms with E-state index in [2.05, 4.69) is 19.2 Å². The van der Waals surface area contributed by atoms with Crippen molar-refractivity contribution in [1.29, 1.82) is 0 Å². The highest BCUT2D eigenvalue weighted by Gasteiger charge is 2.44. The number of rotatable bonds is 41. The summed E-state index contributed by atoms with van der Waals surface area (Å²) >= 11 is 1.33. The number of carbonyl (C=O) groups excluding carboxylic acids is 3. The summed E-state index contributed by atoms with van der Waals surface area (Å²) in [5, 5.41) is 49.1. The van der Waals surface area contributed by atoms with E-state index >= 15 is 0 Å². The molecule has 1 fully saturated rings. The van der Waals surface area contributed by atoms with Crippen LogP contribution >= 0.6 is 11.8 Å². The van der Waals surface area contributed by atoms with Crippen LogP contribution in [0.5, 0.6) is 0 Å². The van der Waals surface area contributed by atoms with Gasteiger partial charge in [-0.05, 0) is 12.8 Å². The van der Waals surface area contributed by atoms with E-state index in [1.165, 1.54) is 140 Å². The van der Waals surface area contributed by atoms with E-state index in [-0.39, 0.29) is 37.4 Å². The maximum absolute atomic E-state index is 12.8. The first-order valence-corrected chi connectivity index (χ1v) is 26.4. The van der Waals surface area contributed by atoms with Crippen molar-refractivity contribution in [3.63, 3.8) is 0 Å². The third kappa shape index (κ3) is 36.4. The molecule has 67 heavy (non-hydrogen) atoms. The van der Waals surface area contributed by atoms with E-state index in [9.17, 15) is 48.0 Å². The second kappa shape index (κ2) is 42.6. The molecule has 0 aromatic carbocycles. The lowest BCUT2D eigenvalue weighted by Crippen LogP contribution is -2.59. The first-order valence-electron chi connectivity index (χ1n) is 25.3. The van der Waals surface area contributed by atoms with Crippen LogP contribution in [0.3, 0.4) is 0 Å². The minimum atomic E-state index is -5.08. The van der Waals surface area contributed by atoms with Gasteiger partial charge in [0.15, 0.2) is 6.29 Å². The first kappa shape index (κ1) is 64.7. The third-order valence-electron chi connectivity index (χ3n) is 11.4. The van der Waals surface area contributed by atoms with Crippen LogP contribution in [0.4, 0.5) is 13.2 Å². The summed E-state index contributed by atoms with van der Waals surface area (Å²) in [7, 11) is 0. The number of hydrogen-bond donors (Lipinski definition) is 7. The van der Waals surface area contributed by atoms with Gasteiger partial charge in [0, 0.05) is 30.9 Å². The van der Waals surface area contributed by atoms with Crippen molar-refractivity contribution < 1.29 is 76.8 Å². The first-order chi connectivity index (χ1) is 32.1. The van der Waals surface area contributed by atoms with Gasteiger partial charge in [0.2, 0.25) is 5.91 Å². The van der Waals surface area contributed by atoms with Gasteiger partial charge in [0.25, 0.3) is 0 Å². The average Bonchev–Trinajstić information content (AvgIpc) is 3.29. The van der Waals surface area contributed by atoms with Gasteiger partial charge in [-0.1, -0.05) is 168 Å². The largest absolute Gasteiger partial charge is 0.490 e. The Balaban J connectivity index is 0.00000572. The molecule has 0 aromatic rings. The van der Waals surface area contributed by atoms with Gasteiger partial charge in [-0.2, -0.15) is 24.9 Å². The average molecular weight is 991 g/mol. The van der Waals surface area contributed by atoms with Crippen molar-refractivity contribution in [3.8, 4) is 0 Å². The van der Waals surface area contributed by atoms with Gasteiger partial charge in [-0.15, -0.1) is 0 Å². The predicted molar refractivity (Wildman–Crippen MR) is 253 cm³/mol. The molecular weight excluding hydrogens is 902 g/mol. The zero-order valence-electron chi connectivity index (χ0n) is 40.7. The predicted octanol–water partition coefficient (Wildman–Crippen LogP) is 8.03. The molecule has 1 aliphatic rings. The van der Waals surface area contributed by atoms with Gasteiger partial charge in [0.05, 0.1) is 19.3 Å². The molecule has 8 N–H and O–H groups in total. The van der Waals surface area contributed by atoms with Gasteiger partial charge < -0.3 is 55.5 Å². The second-order valence-corrected chi connectivity index (χ2v) is 18.7. The SMILES string of the molecule is CCCCCCCCCCCCCCCC(=O)OC[C@@H](CSC[C@H](N)C(=O)NCCO[C@H]1O[C@H](CO)[C@H](O)[C@H](O)[C@H]1O)OC(=O)CCCCCCCCCCCCCCC.O=C(O)C(F)(F)F. The summed E-state index contributed by atoms with van der Waals surface area (Å²) in [6.45, 7) is 3.81. The number of alkyl halides is 3. The van der Waals surface area contributed by atoms with Crippen LogP contribution in [0.1, 0.15) is 194 Å². The number of carboxylic acid groups (broad SMARTS) is 1. The van der Waals surface area contributed by atoms with Crippen molar-refractivity contribution in [1.82, 2.24) is 5.32 Å². The van der Waals surface area contributed by atoms with E-state index in [0.29, 0.717) is 18.6 Å². The zero-order chi connectivity index (χ0) is 50.1. The fraction of sp³-hybridized carbons (Fsp3) is 0.917. The number of carboxylic acids is 1. The Labute approximate surface area is 402 Å². The highest BCUT2D eigenvalue weighted by atomic mass is 32.2. The maximum atomic E-state index is 12.8. The van der Waals surface area contributed by atoms with Crippen LogP contribution in [0.15, 0.2) is 0 Å². The van der Waals surface area contributed by atoms with Crippen molar-refractivity contribution >= 4 is 35.6 Å². The van der Waals surface area contributed by atoms with Crippen LogP contribution in [0, 0.1) is 0 Å². The number of hydrogen-bond acceptors (Lipinski definition) is 14. The van der Waals surface area contributed by atoms with E-state index in [1.807, 2.05) is 0 Å².